The Labute approximate surface area is 139 Å². The zero-order chi connectivity index (χ0) is 17.1. The fourth-order valence-electron chi connectivity index (χ4n) is 3.07. The summed E-state index contributed by atoms with van der Waals surface area (Å²) in [5.41, 5.74) is 1.19. The lowest BCUT2D eigenvalue weighted by atomic mass is 10.1. The average molecular weight is 329 g/mol. The molecule has 0 saturated carbocycles. The van der Waals surface area contributed by atoms with E-state index in [1.165, 1.54) is 9.91 Å². The molecule has 126 valence electrons. The van der Waals surface area contributed by atoms with Gasteiger partial charge in [0.15, 0.2) is 0 Å². The molecule has 7 nitrogen and oxygen atoms in total. The third-order valence-corrected chi connectivity index (χ3v) is 4.33. The summed E-state index contributed by atoms with van der Waals surface area (Å²) < 4.78 is 0. The summed E-state index contributed by atoms with van der Waals surface area (Å²) >= 11 is 0. The number of hydrogen-bond donors (Lipinski definition) is 1. The molecule has 1 aromatic rings. The van der Waals surface area contributed by atoms with Crippen molar-refractivity contribution in [2.24, 2.45) is 5.10 Å². The Morgan fingerprint density at radius 1 is 1.21 bits per heavy atom. The van der Waals surface area contributed by atoms with Crippen LogP contribution >= 0.6 is 0 Å². The van der Waals surface area contributed by atoms with E-state index in [2.05, 4.69) is 5.10 Å². The number of hydrazone groups is 1. The molecule has 1 fully saturated rings. The molecule has 2 aliphatic rings. The van der Waals surface area contributed by atoms with Gasteiger partial charge in [-0.25, -0.2) is 9.80 Å². The fraction of sp³-hybridized carbons (Fsp3) is 0.412. The summed E-state index contributed by atoms with van der Waals surface area (Å²) in [4.78, 5) is 37.3. The minimum Gasteiger partial charge on any atom is -0.480 e. The van der Waals surface area contributed by atoms with Gasteiger partial charge in [-0.05, 0) is 18.4 Å². The molecule has 0 spiro atoms. The summed E-state index contributed by atoms with van der Waals surface area (Å²) in [5, 5.41) is 14.7. The molecule has 2 aliphatic heterocycles. The first-order valence-corrected chi connectivity index (χ1v) is 8.02. The summed E-state index contributed by atoms with van der Waals surface area (Å²) in [6.45, 7) is 0.722. The predicted octanol–water partition coefficient (Wildman–Crippen LogP) is 1.24. The lowest BCUT2D eigenvalue weighted by molar-refractivity contribution is -0.146. The molecule has 1 saturated heterocycles. The minimum atomic E-state index is -0.991. The van der Waals surface area contributed by atoms with E-state index >= 15 is 0 Å². The number of rotatable bonds is 4. The first kappa shape index (κ1) is 16.2. The average Bonchev–Trinajstić information content (AvgIpc) is 3.07. The van der Waals surface area contributed by atoms with Crippen LogP contribution in [0.25, 0.3) is 0 Å². The van der Waals surface area contributed by atoms with Crippen LogP contribution in [0, 0.1) is 0 Å². The number of amides is 2. The van der Waals surface area contributed by atoms with Crippen molar-refractivity contribution in [2.75, 3.05) is 6.54 Å². The number of carboxylic acid groups (broad SMARTS) is 1. The molecule has 2 amide bonds. The molecular weight excluding hydrogens is 310 g/mol. The van der Waals surface area contributed by atoms with Gasteiger partial charge in [0.1, 0.15) is 11.8 Å². The van der Waals surface area contributed by atoms with E-state index in [4.69, 9.17) is 0 Å². The quantitative estimate of drug-likeness (QED) is 0.900. The van der Waals surface area contributed by atoms with E-state index in [9.17, 15) is 19.5 Å². The summed E-state index contributed by atoms with van der Waals surface area (Å²) in [5.74, 6) is -1.49. The number of aliphatic carboxylic acids is 1. The van der Waals surface area contributed by atoms with Gasteiger partial charge in [-0.3, -0.25) is 9.59 Å². The number of benzene rings is 1. The maximum Gasteiger partial charge on any atom is 0.326 e. The van der Waals surface area contributed by atoms with E-state index in [1.54, 1.807) is 0 Å². The highest BCUT2D eigenvalue weighted by atomic mass is 16.4. The molecule has 1 N–H and O–H groups in total. The summed E-state index contributed by atoms with van der Waals surface area (Å²) in [7, 11) is 0. The van der Waals surface area contributed by atoms with Gasteiger partial charge in [-0.1, -0.05) is 30.3 Å². The van der Waals surface area contributed by atoms with Crippen LogP contribution in [0.1, 0.15) is 31.2 Å². The number of carboxylic acids is 1. The Hall–Kier alpha value is -2.70. The molecule has 1 unspecified atom stereocenters. The lowest BCUT2D eigenvalue weighted by Gasteiger charge is -2.27. The van der Waals surface area contributed by atoms with E-state index in [0.717, 1.165) is 5.56 Å². The molecule has 3 rings (SSSR count). The minimum absolute atomic E-state index is 0.133. The Morgan fingerprint density at radius 3 is 2.67 bits per heavy atom. The van der Waals surface area contributed by atoms with Gasteiger partial charge in [-0.15, -0.1) is 0 Å². The van der Waals surface area contributed by atoms with Crippen LogP contribution in [0.2, 0.25) is 0 Å². The van der Waals surface area contributed by atoms with Crippen LogP contribution < -0.4 is 0 Å². The van der Waals surface area contributed by atoms with E-state index in [1.807, 2.05) is 30.3 Å². The molecule has 1 aromatic carbocycles. The second kappa shape index (κ2) is 6.82. The highest BCUT2D eigenvalue weighted by Crippen LogP contribution is 2.21. The van der Waals surface area contributed by atoms with Crippen molar-refractivity contribution in [3.63, 3.8) is 0 Å². The van der Waals surface area contributed by atoms with Crippen molar-refractivity contribution in [3.05, 3.63) is 35.9 Å². The van der Waals surface area contributed by atoms with Gasteiger partial charge in [0.2, 0.25) is 5.91 Å². The second-order valence-corrected chi connectivity index (χ2v) is 5.98. The monoisotopic (exact) mass is 329 g/mol. The third kappa shape index (κ3) is 3.29. The van der Waals surface area contributed by atoms with Gasteiger partial charge in [0.05, 0.1) is 6.54 Å². The highest BCUT2D eigenvalue weighted by Gasteiger charge is 2.37. The highest BCUT2D eigenvalue weighted by molar-refractivity contribution is 6.39. The standard InChI is InChI=1S/C17H19N3O4/c21-15-9-8-13(16(22)19-10-4-7-14(19)17(23)24)18-20(15)11-12-5-2-1-3-6-12/h1-3,5-6,14H,4,7-11H2,(H,23,24). The Balaban J connectivity index is 1.77. The lowest BCUT2D eigenvalue weighted by Crippen LogP contribution is -2.46. The number of hydrogen-bond acceptors (Lipinski definition) is 4. The largest absolute Gasteiger partial charge is 0.480 e. The van der Waals surface area contributed by atoms with Crippen molar-refractivity contribution in [1.82, 2.24) is 9.91 Å². The normalized spacial score (nSPS) is 20.9. The van der Waals surface area contributed by atoms with E-state index < -0.39 is 12.0 Å². The van der Waals surface area contributed by atoms with Crippen molar-refractivity contribution >= 4 is 23.5 Å². The first-order chi connectivity index (χ1) is 11.6. The summed E-state index contributed by atoms with van der Waals surface area (Å²) in [6, 6.07) is 8.63. The Kier molecular flexibility index (Phi) is 4.59. The zero-order valence-corrected chi connectivity index (χ0v) is 13.2. The van der Waals surface area contributed by atoms with E-state index in [0.29, 0.717) is 25.9 Å². The first-order valence-electron chi connectivity index (χ1n) is 8.02. The molecule has 0 aliphatic carbocycles. The third-order valence-electron chi connectivity index (χ3n) is 4.33. The van der Waals surface area contributed by atoms with Gasteiger partial charge in [0.25, 0.3) is 5.91 Å². The number of nitrogens with zero attached hydrogens (tertiary/aromatic N) is 3. The molecule has 7 heteroatoms. The van der Waals surface area contributed by atoms with Crippen LogP contribution in [0.15, 0.2) is 35.4 Å². The molecule has 0 aromatic heterocycles. The summed E-state index contributed by atoms with van der Waals surface area (Å²) in [6.07, 6.45) is 1.60. The predicted molar refractivity (Wildman–Crippen MR) is 86.0 cm³/mol. The van der Waals surface area contributed by atoms with Crippen LogP contribution in [0.4, 0.5) is 0 Å². The Bertz CT molecular complexity index is 686. The molecule has 1 atom stereocenters. The second-order valence-electron chi connectivity index (χ2n) is 5.98. The maximum absolute atomic E-state index is 12.6. The number of carbonyl (C=O) groups excluding carboxylic acids is 2. The maximum atomic E-state index is 12.6. The number of carbonyl (C=O) groups is 3. The van der Waals surface area contributed by atoms with Crippen molar-refractivity contribution in [3.8, 4) is 0 Å². The molecule has 0 radical (unpaired) electrons. The number of likely N-dealkylation sites (tertiary alicyclic amines) is 1. The van der Waals surface area contributed by atoms with Gasteiger partial charge in [0, 0.05) is 19.4 Å². The van der Waals surface area contributed by atoms with Crippen LogP contribution in [-0.2, 0) is 20.9 Å². The van der Waals surface area contributed by atoms with Crippen LogP contribution in [-0.4, -0.2) is 51.1 Å². The van der Waals surface area contributed by atoms with Crippen molar-refractivity contribution in [2.45, 2.75) is 38.3 Å². The fourth-order valence-corrected chi connectivity index (χ4v) is 3.07. The molecular formula is C17H19N3O4. The van der Waals surface area contributed by atoms with Crippen molar-refractivity contribution in [1.29, 1.82) is 0 Å². The SMILES string of the molecule is O=C(O)C1CCCN1C(=O)C1=NN(Cc2ccccc2)C(=O)CC1. The smallest absolute Gasteiger partial charge is 0.326 e. The van der Waals surface area contributed by atoms with Crippen molar-refractivity contribution < 1.29 is 19.5 Å². The van der Waals surface area contributed by atoms with Crippen LogP contribution in [0.3, 0.4) is 0 Å². The Morgan fingerprint density at radius 2 is 1.96 bits per heavy atom. The van der Waals surface area contributed by atoms with Gasteiger partial charge >= 0.3 is 5.97 Å². The molecule has 24 heavy (non-hydrogen) atoms. The van der Waals surface area contributed by atoms with Crippen LogP contribution in [0.5, 0.6) is 0 Å². The zero-order valence-electron chi connectivity index (χ0n) is 13.2. The topological polar surface area (TPSA) is 90.3 Å². The molecule has 2 heterocycles. The van der Waals surface area contributed by atoms with Gasteiger partial charge in [-0.2, -0.15) is 5.10 Å². The van der Waals surface area contributed by atoms with Gasteiger partial charge < -0.3 is 10.0 Å². The molecule has 0 bridgehead atoms. The van der Waals surface area contributed by atoms with E-state index in [-0.39, 0.29) is 30.4 Å².